The summed E-state index contributed by atoms with van der Waals surface area (Å²) in [5, 5.41) is 3.26. The quantitative estimate of drug-likeness (QED) is 0.198. The lowest BCUT2D eigenvalue weighted by Gasteiger charge is -2.18. The Hall–Kier alpha value is -0.810. The molecule has 17 heavy (non-hydrogen) atoms. The molecule has 0 rings (SSSR count). The van der Waals surface area contributed by atoms with Crippen molar-refractivity contribution in [3.05, 3.63) is 0 Å². The zero-order valence-corrected chi connectivity index (χ0v) is 11.6. The Labute approximate surface area is 105 Å². The van der Waals surface area contributed by atoms with E-state index in [0.717, 1.165) is 32.6 Å². The van der Waals surface area contributed by atoms with Crippen LogP contribution in [0.15, 0.2) is 4.99 Å². The fourth-order valence-corrected chi connectivity index (χ4v) is 1.63. The van der Waals surface area contributed by atoms with Gasteiger partial charge in [0.25, 0.3) is 0 Å². The SMILES string of the molecule is CCOCCCN=C(NN)NC(C)CC(C)C. The van der Waals surface area contributed by atoms with Crippen molar-refractivity contribution >= 4 is 5.96 Å². The number of hydrogen-bond donors (Lipinski definition) is 3. The van der Waals surface area contributed by atoms with Gasteiger partial charge < -0.3 is 10.1 Å². The molecule has 4 N–H and O–H groups in total. The molecule has 1 unspecified atom stereocenters. The van der Waals surface area contributed by atoms with Gasteiger partial charge in [0, 0.05) is 25.8 Å². The molecule has 0 aromatic carbocycles. The number of aliphatic imine (C=N–C) groups is 1. The first-order valence-electron chi connectivity index (χ1n) is 6.45. The van der Waals surface area contributed by atoms with E-state index in [1.54, 1.807) is 0 Å². The minimum atomic E-state index is 0.372. The van der Waals surface area contributed by atoms with E-state index in [1.807, 2.05) is 6.92 Å². The first-order chi connectivity index (χ1) is 8.10. The lowest BCUT2D eigenvalue weighted by Crippen LogP contribution is -2.46. The molecular weight excluding hydrogens is 216 g/mol. The predicted molar refractivity (Wildman–Crippen MR) is 72.8 cm³/mol. The van der Waals surface area contributed by atoms with Gasteiger partial charge in [-0.05, 0) is 32.6 Å². The van der Waals surface area contributed by atoms with Crippen molar-refractivity contribution in [3.63, 3.8) is 0 Å². The van der Waals surface area contributed by atoms with Crippen LogP contribution in [0.4, 0.5) is 0 Å². The van der Waals surface area contributed by atoms with E-state index < -0.39 is 0 Å². The summed E-state index contributed by atoms with van der Waals surface area (Å²) in [6, 6.07) is 0.372. The second kappa shape index (κ2) is 10.4. The average Bonchev–Trinajstić information content (AvgIpc) is 2.26. The molecule has 0 aromatic heterocycles. The van der Waals surface area contributed by atoms with Crippen LogP contribution in [0.2, 0.25) is 0 Å². The van der Waals surface area contributed by atoms with E-state index in [-0.39, 0.29) is 0 Å². The Balaban J connectivity index is 3.84. The number of nitrogens with two attached hydrogens (primary N) is 1. The highest BCUT2D eigenvalue weighted by Crippen LogP contribution is 2.03. The van der Waals surface area contributed by atoms with Gasteiger partial charge in [-0.2, -0.15) is 0 Å². The lowest BCUT2D eigenvalue weighted by atomic mass is 10.1. The summed E-state index contributed by atoms with van der Waals surface area (Å²) < 4.78 is 5.24. The molecule has 102 valence electrons. The number of nitrogens with one attached hydrogen (secondary N) is 2. The molecule has 0 amide bonds. The molecule has 0 heterocycles. The molecule has 0 aromatic rings. The van der Waals surface area contributed by atoms with Crippen LogP contribution in [0.1, 0.15) is 40.5 Å². The molecule has 0 aliphatic heterocycles. The van der Waals surface area contributed by atoms with E-state index >= 15 is 0 Å². The van der Waals surface area contributed by atoms with Crippen molar-refractivity contribution < 1.29 is 4.74 Å². The third-order valence-corrected chi connectivity index (χ3v) is 2.27. The Kier molecular flexibility index (Phi) is 9.86. The molecule has 0 radical (unpaired) electrons. The van der Waals surface area contributed by atoms with Crippen molar-refractivity contribution in [2.24, 2.45) is 16.8 Å². The Morgan fingerprint density at radius 2 is 2.06 bits per heavy atom. The minimum Gasteiger partial charge on any atom is -0.382 e. The normalized spacial score (nSPS) is 13.9. The van der Waals surface area contributed by atoms with Gasteiger partial charge >= 0.3 is 0 Å². The zero-order chi connectivity index (χ0) is 13.1. The summed E-state index contributed by atoms with van der Waals surface area (Å²) in [5.74, 6) is 6.74. The largest absolute Gasteiger partial charge is 0.382 e. The first-order valence-corrected chi connectivity index (χ1v) is 6.45. The fraction of sp³-hybridized carbons (Fsp3) is 0.917. The molecule has 5 heteroatoms. The molecule has 0 spiro atoms. The molecule has 0 saturated heterocycles. The summed E-state index contributed by atoms with van der Waals surface area (Å²) in [6.45, 7) is 10.8. The summed E-state index contributed by atoms with van der Waals surface area (Å²) in [4.78, 5) is 4.35. The number of ether oxygens (including phenoxy) is 1. The van der Waals surface area contributed by atoms with Crippen LogP contribution < -0.4 is 16.6 Å². The van der Waals surface area contributed by atoms with Crippen molar-refractivity contribution in [3.8, 4) is 0 Å². The monoisotopic (exact) mass is 244 g/mol. The van der Waals surface area contributed by atoms with Crippen LogP contribution in [0.5, 0.6) is 0 Å². The molecule has 0 fully saturated rings. The maximum atomic E-state index is 5.42. The van der Waals surface area contributed by atoms with E-state index in [4.69, 9.17) is 10.6 Å². The Bertz CT molecular complexity index is 207. The number of hydrogen-bond acceptors (Lipinski definition) is 3. The number of nitrogens with zero attached hydrogens (tertiary/aromatic N) is 1. The van der Waals surface area contributed by atoms with Crippen LogP contribution in [-0.2, 0) is 4.74 Å². The highest BCUT2D eigenvalue weighted by atomic mass is 16.5. The van der Waals surface area contributed by atoms with Gasteiger partial charge in [0.15, 0.2) is 0 Å². The predicted octanol–water partition coefficient (Wildman–Crippen LogP) is 1.26. The maximum absolute atomic E-state index is 5.42. The van der Waals surface area contributed by atoms with Gasteiger partial charge in [-0.3, -0.25) is 10.4 Å². The Morgan fingerprint density at radius 3 is 2.59 bits per heavy atom. The van der Waals surface area contributed by atoms with Gasteiger partial charge in [-0.25, -0.2) is 5.84 Å². The van der Waals surface area contributed by atoms with Crippen LogP contribution in [0.3, 0.4) is 0 Å². The minimum absolute atomic E-state index is 0.372. The van der Waals surface area contributed by atoms with Crippen LogP contribution >= 0.6 is 0 Å². The molecule has 0 bridgehead atoms. The van der Waals surface area contributed by atoms with Gasteiger partial charge in [0.05, 0.1) is 0 Å². The second-order valence-corrected chi connectivity index (χ2v) is 4.60. The van der Waals surface area contributed by atoms with E-state index in [1.165, 1.54) is 0 Å². The van der Waals surface area contributed by atoms with Crippen molar-refractivity contribution in [1.29, 1.82) is 0 Å². The number of rotatable bonds is 8. The van der Waals surface area contributed by atoms with Crippen LogP contribution in [-0.4, -0.2) is 31.8 Å². The van der Waals surface area contributed by atoms with Gasteiger partial charge in [-0.1, -0.05) is 13.8 Å². The molecule has 1 atom stereocenters. The number of guanidine groups is 1. The molecule has 0 saturated carbocycles. The highest BCUT2D eigenvalue weighted by Gasteiger charge is 2.06. The first kappa shape index (κ1) is 16.2. The van der Waals surface area contributed by atoms with Gasteiger partial charge in [0.1, 0.15) is 0 Å². The third-order valence-electron chi connectivity index (χ3n) is 2.27. The van der Waals surface area contributed by atoms with Crippen molar-refractivity contribution in [2.75, 3.05) is 19.8 Å². The summed E-state index contributed by atoms with van der Waals surface area (Å²) in [5.41, 5.74) is 2.60. The van der Waals surface area contributed by atoms with E-state index in [0.29, 0.717) is 17.9 Å². The average molecular weight is 244 g/mol. The summed E-state index contributed by atoms with van der Waals surface area (Å²) in [7, 11) is 0. The van der Waals surface area contributed by atoms with Crippen LogP contribution in [0.25, 0.3) is 0 Å². The molecular formula is C12H28N4O. The summed E-state index contributed by atoms with van der Waals surface area (Å²) >= 11 is 0. The third kappa shape index (κ3) is 10.1. The van der Waals surface area contributed by atoms with E-state index in [2.05, 4.69) is 36.5 Å². The Morgan fingerprint density at radius 1 is 1.35 bits per heavy atom. The van der Waals surface area contributed by atoms with Crippen molar-refractivity contribution in [2.45, 2.75) is 46.6 Å². The van der Waals surface area contributed by atoms with Crippen LogP contribution in [0, 0.1) is 5.92 Å². The zero-order valence-electron chi connectivity index (χ0n) is 11.6. The standard InChI is InChI=1S/C12H28N4O/c1-5-17-8-6-7-14-12(16-13)15-11(4)9-10(2)3/h10-11H,5-9,13H2,1-4H3,(H2,14,15,16). The second-order valence-electron chi connectivity index (χ2n) is 4.60. The van der Waals surface area contributed by atoms with Gasteiger partial charge in [0.2, 0.25) is 5.96 Å². The maximum Gasteiger partial charge on any atom is 0.205 e. The highest BCUT2D eigenvalue weighted by molar-refractivity contribution is 5.79. The molecule has 0 aliphatic carbocycles. The summed E-state index contributed by atoms with van der Waals surface area (Å²) in [6.07, 6.45) is 2.01. The number of hydrazine groups is 1. The molecule has 5 nitrogen and oxygen atoms in total. The fourth-order valence-electron chi connectivity index (χ4n) is 1.63. The van der Waals surface area contributed by atoms with Gasteiger partial charge in [-0.15, -0.1) is 0 Å². The topological polar surface area (TPSA) is 71.7 Å². The smallest absolute Gasteiger partial charge is 0.205 e. The molecule has 0 aliphatic rings. The van der Waals surface area contributed by atoms with E-state index in [9.17, 15) is 0 Å². The lowest BCUT2D eigenvalue weighted by molar-refractivity contribution is 0.146. The van der Waals surface area contributed by atoms with Crippen molar-refractivity contribution in [1.82, 2.24) is 10.7 Å².